The van der Waals surface area contributed by atoms with Crippen LogP contribution in [0.4, 0.5) is 0 Å². The summed E-state index contributed by atoms with van der Waals surface area (Å²) in [5, 5.41) is 0.171. The van der Waals surface area contributed by atoms with Gasteiger partial charge in [-0.2, -0.15) is 0 Å². The lowest BCUT2D eigenvalue weighted by molar-refractivity contribution is -0.104. The Morgan fingerprint density at radius 3 is 2.47 bits per heavy atom. The number of carbonyl (C=O) groups excluding carboxylic acids is 2. The van der Waals surface area contributed by atoms with Gasteiger partial charge in [0.25, 0.3) is 0 Å². The van der Waals surface area contributed by atoms with Crippen LogP contribution < -0.4 is 0 Å². The molecule has 17 heavy (non-hydrogen) atoms. The first-order valence-corrected chi connectivity index (χ1v) is 5.41. The van der Waals surface area contributed by atoms with E-state index < -0.39 is 5.78 Å². The van der Waals surface area contributed by atoms with Gasteiger partial charge in [0, 0.05) is 20.3 Å². The van der Waals surface area contributed by atoms with E-state index in [9.17, 15) is 9.59 Å². The quantitative estimate of drug-likeness (QED) is 0.211. The molecule has 0 fully saturated rings. The number of ketones is 1. The van der Waals surface area contributed by atoms with Gasteiger partial charge in [-0.1, -0.05) is 23.2 Å². The van der Waals surface area contributed by atoms with Crippen LogP contribution in [0.2, 0.25) is 10.3 Å². The zero-order chi connectivity index (χ0) is 13.0. The number of pyridine rings is 1. The molecule has 0 bridgehead atoms. The van der Waals surface area contributed by atoms with Crippen molar-refractivity contribution in [2.75, 3.05) is 14.1 Å². The first kappa shape index (κ1) is 13.7. The number of hydrogen-bond donors (Lipinski definition) is 0. The van der Waals surface area contributed by atoms with Gasteiger partial charge < -0.3 is 4.90 Å². The molecule has 0 aromatic carbocycles. The summed E-state index contributed by atoms with van der Waals surface area (Å²) in [6.07, 6.45) is 1.90. The number of Topliss-reactive ketones (excluding diaryl/α,β-unsaturated/α-hetero) is 1. The average molecular weight is 273 g/mol. The van der Waals surface area contributed by atoms with Gasteiger partial charge in [-0.15, -0.1) is 0 Å². The standard InChI is InChI=1S/C11H10Cl2N2O2/c1-15(2)5-7(6-16)10(17)8-3-4-9(12)14-11(8)13/h3-6H,1-2H3. The van der Waals surface area contributed by atoms with Gasteiger partial charge in [-0.3, -0.25) is 9.59 Å². The van der Waals surface area contributed by atoms with E-state index in [2.05, 4.69) is 4.98 Å². The fourth-order valence-electron chi connectivity index (χ4n) is 1.16. The van der Waals surface area contributed by atoms with Crippen LogP contribution in [0, 0.1) is 0 Å². The third kappa shape index (κ3) is 3.54. The molecule has 1 aromatic heterocycles. The fourth-order valence-corrected chi connectivity index (χ4v) is 1.59. The molecule has 0 unspecified atom stereocenters. The largest absolute Gasteiger partial charge is 0.383 e. The molecule has 0 spiro atoms. The number of aldehydes is 1. The van der Waals surface area contributed by atoms with E-state index in [4.69, 9.17) is 23.2 Å². The van der Waals surface area contributed by atoms with E-state index in [-0.39, 0.29) is 21.4 Å². The van der Waals surface area contributed by atoms with E-state index in [1.807, 2.05) is 0 Å². The molecule has 0 aliphatic rings. The lowest BCUT2D eigenvalue weighted by atomic mass is 10.1. The van der Waals surface area contributed by atoms with Crippen LogP contribution in [-0.2, 0) is 4.79 Å². The number of halogens is 2. The Hall–Kier alpha value is -1.39. The number of aromatic nitrogens is 1. The molecule has 1 rings (SSSR count). The topological polar surface area (TPSA) is 50.3 Å². The van der Waals surface area contributed by atoms with Crippen molar-refractivity contribution >= 4 is 35.3 Å². The minimum Gasteiger partial charge on any atom is -0.383 e. The second-order valence-electron chi connectivity index (χ2n) is 3.47. The van der Waals surface area contributed by atoms with E-state index in [1.165, 1.54) is 18.3 Å². The van der Waals surface area contributed by atoms with E-state index >= 15 is 0 Å². The number of allylic oxidation sites excluding steroid dienone is 1. The number of carbonyl (C=O) groups is 2. The van der Waals surface area contributed by atoms with Crippen molar-refractivity contribution in [1.29, 1.82) is 0 Å². The van der Waals surface area contributed by atoms with Gasteiger partial charge in [0.1, 0.15) is 10.3 Å². The summed E-state index contributed by atoms with van der Waals surface area (Å²) in [6, 6.07) is 2.88. The van der Waals surface area contributed by atoms with Crippen molar-refractivity contribution in [2.45, 2.75) is 0 Å². The van der Waals surface area contributed by atoms with Crippen LogP contribution in [0.5, 0.6) is 0 Å². The highest BCUT2D eigenvalue weighted by Crippen LogP contribution is 2.19. The summed E-state index contributed by atoms with van der Waals surface area (Å²) in [5.41, 5.74) is 0.150. The molecular weight excluding hydrogens is 263 g/mol. The lowest BCUT2D eigenvalue weighted by Crippen LogP contribution is -2.11. The highest BCUT2D eigenvalue weighted by Gasteiger charge is 2.16. The normalized spacial score (nSPS) is 11.2. The van der Waals surface area contributed by atoms with Gasteiger partial charge >= 0.3 is 0 Å². The zero-order valence-electron chi connectivity index (χ0n) is 9.28. The van der Waals surface area contributed by atoms with Crippen LogP contribution >= 0.6 is 23.2 Å². The average Bonchev–Trinajstić information content (AvgIpc) is 2.24. The molecule has 0 saturated heterocycles. The van der Waals surface area contributed by atoms with E-state index in [0.717, 1.165) is 0 Å². The smallest absolute Gasteiger partial charge is 0.200 e. The Morgan fingerprint density at radius 1 is 1.35 bits per heavy atom. The van der Waals surface area contributed by atoms with Crippen LogP contribution in [0.3, 0.4) is 0 Å². The first-order chi connectivity index (χ1) is 7.95. The molecule has 6 heteroatoms. The first-order valence-electron chi connectivity index (χ1n) is 4.66. The third-order valence-electron chi connectivity index (χ3n) is 1.85. The van der Waals surface area contributed by atoms with Crippen molar-refractivity contribution in [3.8, 4) is 0 Å². The molecular formula is C11H10Cl2N2O2. The summed E-state index contributed by atoms with van der Waals surface area (Å²) in [5.74, 6) is -0.483. The van der Waals surface area contributed by atoms with Gasteiger partial charge in [0.15, 0.2) is 6.29 Å². The number of nitrogens with zero attached hydrogens (tertiary/aromatic N) is 2. The summed E-state index contributed by atoms with van der Waals surface area (Å²) in [4.78, 5) is 28.1. The number of hydrogen-bond acceptors (Lipinski definition) is 4. The molecule has 0 aliphatic carbocycles. The lowest BCUT2D eigenvalue weighted by Gasteiger charge is -2.07. The Labute approximate surface area is 109 Å². The minimum absolute atomic E-state index is 0.000947. The Kier molecular flexibility index (Phi) is 4.66. The summed E-state index contributed by atoms with van der Waals surface area (Å²) in [6.45, 7) is 0. The molecule has 1 heterocycles. The fraction of sp³-hybridized carbons (Fsp3) is 0.182. The maximum atomic E-state index is 11.9. The molecule has 0 N–H and O–H groups in total. The van der Waals surface area contributed by atoms with Gasteiger partial charge in [-0.25, -0.2) is 4.98 Å². The van der Waals surface area contributed by atoms with Gasteiger partial charge in [0.05, 0.1) is 11.1 Å². The van der Waals surface area contributed by atoms with Crippen molar-refractivity contribution in [2.24, 2.45) is 0 Å². The van der Waals surface area contributed by atoms with Crippen molar-refractivity contribution in [3.05, 3.63) is 39.8 Å². The van der Waals surface area contributed by atoms with Crippen LogP contribution in [0.25, 0.3) is 0 Å². The SMILES string of the molecule is CN(C)C=C(C=O)C(=O)c1ccc(Cl)nc1Cl. The van der Waals surface area contributed by atoms with Gasteiger partial charge in [-0.05, 0) is 12.1 Å². The highest BCUT2D eigenvalue weighted by molar-refractivity contribution is 6.36. The molecule has 0 amide bonds. The maximum absolute atomic E-state index is 11.9. The van der Waals surface area contributed by atoms with E-state index in [0.29, 0.717) is 6.29 Å². The van der Waals surface area contributed by atoms with Gasteiger partial charge in [0.2, 0.25) is 5.78 Å². The highest BCUT2D eigenvalue weighted by atomic mass is 35.5. The third-order valence-corrected chi connectivity index (χ3v) is 2.34. The molecule has 0 saturated carbocycles. The summed E-state index contributed by atoms with van der Waals surface area (Å²) < 4.78 is 0. The van der Waals surface area contributed by atoms with Crippen molar-refractivity contribution in [1.82, 2.24) is 9.88 Å². The predicted molar refractivity (Wildman–Crippen MR) is 66.4 cm³/mol. The summed E-state index contributed by atoms with van der Waals surface area (Å²) in [7, 11) is 3.41. The minimum atomic E-state index is -0.483. The number of rotatable bonds is 4. The second kappa shape index (κ2) is 5.80. The monoisotopic (exact) mass is 272 g/mol. The van der Waals surface area contributed by atoms with E-state index in [1.54, 1.807) is 19.0 Å². The Bertz CT molecular complexity index is 484. The molecule has 4 nitrogen and oxygen atoms in total. The second-order valence-corrected chi connectivity index (χ2v) is 4.21. The molecule has 0 atom stereocenters. The predicted octanol–water partition coefficient (Wildman–Crippen LogP) is 2.22. The van der Waals surface area contributed by atoms with Crippen molar-refractivity contribution in [3.63, 3.8) is 0 Å². The summed E-state index contributed by atoms with van der Waals surface area (Å²) >= 11 is 11.4. The van der Waals surface area contributed by atoms with Crippen LogP contribution in [0.15, 0.2) is 23.9 Å². The zero-order valence-corrected chi connectivity index (χ0v) is 10.8. The van der Waals surface area contributed by atoms with Crippen molar-refractivity contribution < 1.29 is 9.59 Å². The molecule has 90 valence electrons. The molecule has 0 aliphatic heterocycles. The Morgan fingerprint density at radius 2 is 2.00 bits per heavy atom. The van der Waals surface area contributed by atoms with Crippen LogP contribution in [-0.4, -0.2) is 36.0 Å². The van der Waals surface area contributed by atoms with Crippen LogP contribution in [0.1, 0.15) is 10.4 Å². The Balaban J connectivity index is 3.15. The molecule has 1 aromatic rings. The maximum Gasteiger partial charge on any atom is 0.200 e. The molecule has 0 radical (unpaired) electrons.